The Morgan fingerprint density at radius 1 is 1.04 bits per heavy atom. The quantitative estimate of drug-likeness (QED) is 0.831. The van der Waals surface area contributed by atoms with Crippen molar-refractivity contribution in [2.45, 2.75) is 19.5 Å². The van der Waals surface area contributed by atoms with E-state index in [0.717, 1.165) is 4.90 Å². The summed E-state index contributed by atoms with van der Waals surface area (Å²) in [6.07, 6.45) is 0.310. The molecule has 1 fully saturated rings. The van der Waals surface area contributed by atoms with Gasteiger partial charge in [-0.1, -0.05) is 6.07 Å². The number of hydrogen-bond acceptors (Lipinski definition) is 4. The molecular weight excluding hydrogens is 346 g/mol. The standard InChI is InChI=1S/C18H14F2N2O4/c19-18(20)26-14-6-4-12(5-7-14)21-17(25)11-2-1-3-13(10-11)22-15(23)8-9-16(22)24/h1-7,10,18H,8-9H2,(H,21,25). The van der Waals surface area contributed by atoms with Crippen molar-refractivity contribution in [1.29, 1.82) is 0 Å². The average molecular weight is 360 g/mol. The van der Waals surface area contributed by atoms with Crippen LogP contribution in [0.3, 0.4) is 0 Å². The van der Waals surface area contributed by atoms with Gasteiger partial charge in [0.25, 0.3) is 5.91 Å². The van der Waals surface area contributed by atoms with Crippen LogP contribution in [0.1, 0.15) is 23.2 Å². The van der Waals surface area contributed by atoms with Gasteiger partial charge in [-0.2, -0.15) is 8.78 Å². The molecule has 0 saturated carbocycles. The first-order chi connectivity index (χ1) is 12.4. The van der Waals surface area contributed by atoms with Crippen LogP contribution in [-0.4, -0.2) is 24.3 Å². The number of benzene rings is 2. The van der Waals surface area contributed by atoms with Crippen molar-refractivity contribution >= 4 is 29.1 Å². The maximum absolute atomic E-state index is 12.4. The number of halogens is 2. The molecule has 1 saturated heterocycles. The van der Waals surface area contributed by atoms with E-state index in [2.05, 4.69) is 10.1 Å². The monoisotopic (exact) mass is 360 g/mol. The SMILES string of the molecule is O=C(Nc1ccc(OC(F)F)cc1)c1cccc(N2C(=O)CCC2=O)c1. The van der Waals surface area contributed by atoms with Crippen molar-refractivity contribution in [2.24, 2.45) is 0 Å². The Morgan fingerprint density at radius 3 is 2.31 bits per heavy atom. The molecule has 0 aliphatic carbocycles. The number of hydrogen-bond donors (Lipinski definition) is 1. The molecular formula is C18H14F2N2O4. The van der Waals surface area contributed by atoms with Gasteiger partial charge in [-0.05, 0) is 42.5 Å². The number of nitrogens with one attached hydrogen (secondary N) is 1. The van der Waals surface area contributed by atoms with Crippen molar-refractivity contribution < 1.29 is 27.9 Å². The molecule has 26 heavy (non-hydrogen) atoms. The van der Waals surface area contributed by atoms with Crippen molar-refractivity contribution in [3.63, 3.8) is 0 Å². The van der Waals surface area contributed by atoms with Gasteiger partial charge in [0.1, 0.15) is 5.75 Å². The number of alkyl halides is 2. The largest absolute Gasteiger partial charge is 0.435 e. The van der Waals surface area contributed by atoms with Crippen molar-refractivity contribution in [2.75, 3.05) is 10.2 Å². The minimum atomic E-state index is -2.92. The van der Waals surface area contributed by atoms with E-state index in [4.69, 9.17) is 0 Å². The van der Waals surface area contributed by atoms with Gasteiger partial charge in [-0.15, -0.1) is 0 Å². The highest BCUT2D eigenvalue weighted by atomic mass is 19.3. The van der Waals surface area contributed by atoms with Crippen molar-refractivity contribution in [3.05, 3.63) is 54.1 Å². The van der Waals surface area contributed by atoms with Crippen LogP contribution < -0.4 is 15.0 Å². The van der Waals surface area contributed by atoms with Gasteiger partial charge >= 0.3 is 6.61 Å². The van der Waals surface area contributed by atoms with Crippen LogP contribution in [0.4, 0.5) is 20.2 Å². The first-order valence-electron chi connectivity index (χ1n) is 7.76. The van der Waals surface area contributed by atoms with Crippen molar-refractivity contribution in [3.8, 4) is 5.75 Å². The second kappa shape index (κ2) is 7.30. The third-order valence-electron chi connectivity index (χ3n) is 3.76. The highest BCUT2D eigenvalue weighted by Crippen LogP contribution is 2.24. The Bertz CT molecular complexity index is 837. The first kappa shape index (κ1) is 17.5. The molecule has 3 amide bonds. The number of anilines is 2. The molecule has 0 atom stereocenters. The van der Waals surface area contributed by atoms with Crippen LogP contribution in [-0.2, 0) is 9.59 Å². The molecule has 1 heterocycles. The van der Waals surface area contributed by atoms with E-state index in [-0.39, 0.29) is 36.0 Å². The van der Waals surface area contributed by atoms with Crippen LogP contribution in [0.5, 0.6) is 5.75 Å². The fraction of sp³-hybridized carbons (Fsp3) is 0.167. The lowest BCUT2D eigenvalue weighted by atomic mass is 10.1. The van der Waals surface area contributed by atoms with Gasteiger partial charge in [0.2, 0.25) is 11.8 Å². The van der Waals surface area contributed by atoms with Gasteiger partial charge < -0.3 is 10.1 Å². The molecule has 1 aliphatic rings. The normalized spacial score (nSPS) is 14.0. The Balaban J connectivity index is 1.73. The van der Waals surface area contributed by atoms with Crippen LogP contribution in [0.15, 0.2) is 48.5 Å². The van der Waals surface area contributed by atoms with Crippen LogP contribution in [0, 0.1) is 0 Å². The lowest BCUT2D eigenvalue weighted by Crippen LogP contribution is -2.28. The van der Waals surface area contributed by atoms with Gasteiger partial charge in [-0.25, -0.2) is 0 Å². The lowest BCUT2D eigenvalue weighted by molar-refractivity contribution is -0.121. The maximum Gasteiger partial charge on any atom is 0.387 e. The third kappa shape index (κ3) is 3.85. The molecule has 0 aromatic heterocycles. The van der Waals surface area contributed by atoms with Crippen molar-refractivity contribution in [1.82, 2.24) is 0 Å². The van der Waals surface area contributed by atoms with Gasteiger partial charge in [0.05, 0.1) is 5.69 Å². The predicted molar refractivity (Wildman–Crippen MR) is 89.2 cm³/mol. The summed E-state index contributed by atoms with van der Waals surface area (Å²) >= 11 is 0. The Hall–Kier alpha value is -3.29. The second-order valence-corrected chi connectivity index (χ2v) is 5.53. The Kier molecular flexibility index (Phi) is 4.92. The summed E-state index contributed by atoms with van der Waals surface area (Å²) in [4.78, 5) is 37.0. The zero-order valence-electron chi connectivity index (χ0n) is 13.4. The molecule has 0 bridgehead atoms. The average Bonchev–Trinajstić information content (AvgIpc) is 2.95. The molecule has 0 unspecified atom stereocenters. The number of imide groups is 1. The summed E-state index contributed by atoms with van der Waals surface area (Å²) in [6.45, 7) is -2.92. The number of carbonyl (C=O) groups excluding carboxylic acids is 3. The number of ether oxygens (including phenoxy) is 1. The van der Waals surface area contributed by atoms with E-state index in [1.54, 1.807) is 12.1 Å². The molecule has 2 aromatic carbocycles. The summed E-state index contributed by atoms with van der Waals surface area (Å²) in [7, 11) is 0. The summed E-state index contributed by atoms with van der Waals surface area (Å²) in [6, 6.07) is 11.6. The highest BCUT2D eigenvalue weighted by molar-refractivity contribution is 6.20. The molecule has 0 radical (unpaired) electrons. The molecule has 134 valence electrons. The highest BCUT2D eigenvalue weighted by Gasteiger charge is 2.30. The smallest absolute Gasteiger partial charge is 0.387 e. The zero-order valence-corrected chi connectivity index (χ0v) is 13.4. The number of rotatable bonds is 5. The summed E-state index contributed by atoms with van der Waals surface area (Å²) in [5.41, 5.74) is 0.976. The molecule has 2 aromatic rings. The molecule has 6 nitrogen and oxygen atoms in total. The molecule has 8 heteroatoms. The predicted octanol–water partition coefficient (Wildman–Crippen LogP) is 3.19. The Labute approximate surface area is 147 Å². The molecule has 3 rings (SSSR count). The third-order valence-corrected chi connectivity index (χ3v) is 3.76. The lowest BCUT2D eigenvalue weighted by Gasteiger charge is -2.15. The van der Waals surface area contributed by atoms with E-state index in [1.165, 1.54) is 36.4 Å². The van der Waals surface area contributed by atoms with E-state index in [1.807, 2.05) is 0 Å². The molecule has 1 N–H and O–H groups in total. The molecule has 1 aliphatic heterocycles. The number of carbonyl (C=O) groups is 3. The second-order valence-electron chi connectivity index (χ2n) is 5.53. The Morgan fingerprint density at radius 2 is 1.69 bits per heavy atom. The molecule has 0 spiro atoms. The van der Waals surface area contributed by atoms with Gasteiger partial charge in [0.15, 0.2) is 0 Å². The van der Waals surface area contributed by atoms with Crippen LogP contribution in [0.2, 0.25) is 0 Å². The summed E-state index contributed by atoms with van der Waals surface area (Å²) < 4.78 is 28.5. The first-order valence-corrected chi connectivity index (χ1v) is 7.76. The van der Waals surface area contributed by atoms with E-state index >= 15 is 0 Å². The summed E-state index contributed by atoms with van der Waals surface area (Å²) in [5, 5.41) is 2.61. The van der Waals surface area contributed by atoms with E-state index in [0.29, 0.717) is 11.4 Å². The summed E-state index contributed by atoms with van der Waals surface area (Å²) in [5.74, 6) is -1.09. The van der Waals surface area contributed by atoms with E-state index in [9.17, 15) is 23.2 Å². The zero-order chi connectivity index (χ0) is 18.7. The van der Waals surface area contributed by atoms with Crippen LogP contribution >= 0.6 is 0 Å². The minimum Gasteiger partial charge on any atom is -0.435 e. The van der Waals surface area contributed by atoms with Gasteiger partial charge in [-0.3, -0.25) is 19.3 Å². The van der Waals surface area contributed by atoms with Crippen LogP contribution in [0.25, 0.3) is 0 Å². The topological polar surface area (TPSA) is 75.7 Å². The van der Waals surface area contributed by atoms with E-state index < -0.39 is 12.5 Å². The maximum atomic E-state index is 12.4. The number of amides is 3. The van der Waals surface area contributed by atoms with Gasteiger partial charge in [0, 0.05) is 24.1 Å². The minimum absolute atomic E-state index is 0.0222. The number of nitrogens with zero attached hydrogens (tertiary/aromatic N) is 1. The fourth-order valence-corrected chi connectivity index (χ4v) is 2.57. The fourth-order valence-electron chi connectivity index (χ4n) is 2.57.